The zero-order valence-corrected chi connectivity index (χ0v) is 20.5. The van der Waals surface area contributed by atoms with E-state index in [0.717, 1.165) is 35.6 Å². The molecule has 6 heteroatoms. The summed E-state index contributed by atoms with van der Waals surface area (Å²) in [6.07, 6.45) is 4.65. The number of benzene rings is 2. The van der Waals surface area contributed by atoms with Crippen LogP contribution in [-0.2, 0) is 4.74 Å². The van der Waals surface area contributed by atoms with E-state index in [1.807, 2.05) is 18.2 Å². The molecule has 2 unspecified atom stereocenters. The second-order valence-corrected chi connectivity index (χ2v) is 8.06. The summed E-state index contributed by atoms with van der Waals surface area (Å²) in [5, 5.41) is 11.9. The van der Waals surface area contributed by atoms with Gasteiger partial charge in [-0.15, -0.1) is 0 Å². The number of allylic oxidation sites excluding steroid dienone is 1. The van der Waals surface area contributed by atoms with E-state index in [1.165, 1.54) is 5.57 Å². The largest absolute Gasteiger partial charge is 0.496 e. The van der Waals surface area contributed by atoms with Crippen LogP contribution >= 0.6 is 0 Å². The van der Waals surface area contributed by atoms with Crippen molar-refractivity contribution in [2.75, 3.05) is 35.0 Å². The molecule has 0 heterocycles. The maximum Gasteiger partial charge on any atom is 0.136 e. The van der Waals surface area contributed by atoms with Gasteiger partial charge < -0.3 is 28.8 Å². The molecule has 0 saturated carbocycles. The molecule has 0 radical (unpaired) electrons. The van der Waals surface area contributed by atoms with Crippen LogP contribution in [0.1, 0.15) is 58.1 Å². The highest BCUT2D eigenvalue weighted by Crippen LogP contribution is 2.48. The molecule has 0 saturated heterocycles. The van der Waals surface area contributed by atoms with Crippen LogP contribution in [0.4, 0.5) is 0 Å². The van der Waals surface area contributed by atoms with Crippen LogP contribution in [0.25, 0.3) is 10.8 Å². The highest BCUT2D eigenvalue weighted by molar-refractivity contribution is 6.03. The van der Waals surface area contributed by atoms with E-state index < -0.39 is 6.10 Å². The van der Waals surface area contributed by atoms with Gasteiger partial charge in [-0.1, -0.05) is 31.4 Å². The lowest BCUT2D eigenvalue weighted by molar-refractivity contribution is -0.0134. The third-order valence-electron chi connectivity index (χ3n) is 5.48. The maximum absolute atomic E-state index is 10.4. The fourth-order valence-electron chi connectivity index (χ4n) is 3.80. The minimum Gasteiger partial charge on any atom is -0.496 e. The minimum absolute atomic E-state index is 0.250. The van der Waals surface area contributed by atoms with E-state index in [-0.39, 0.29) is 12.7 Å². The number of hydrogen-bond acceptors (Lipinski definition) is 6. The van der Waals surface area contributed by atoms with Crippen LogP contribution in [0, 0.1) is 0 Å². The van der Waals surface area contributed by atoms with Gasteiger partial charge in [0.1, 0.15) is 23.0 Å². The van der Waals surface area contributed by atoms with Crippen molar-refractivity contribution < 1.29 is 28.8 Å². The Hall–Kier alpha value is -2.44. The molecule has 0 spiro atoms. The van der Waals surface area contributed by atoms with Crippen molar-refractivity contribution in [2.24, 2.45) is 0 Å². The summed E-state index contributed by atoms with van der Waals surface area (Å²) in [4.78, 5) is 0. The summed E-state index contributed by atoms with van der Waals surface area (Å²) in [6.45, 7) is 6.47. The van der Waals surface area contributed by atoms with Gasteiger partial charge >= 0.3 is 0 Å². The van der Waals surface area contributed by atoms with Crippen molar-refractivity contribution >= 4 is 10.8 Å². The highest BCUT2D eigenvalue weighted by atomic mass is 16.5. The number of aliphatic hydroxyl groups is 1. The summed E-state index contributed by atoms with van der Waals surface area (Å²) >= 11 is 0. The molecule has 178 valence electrons. The molecule has 0 aliphatic rings. The second kappa shape index (κ2) is 12.6. The number of methoxy groups -OCH3 is 4. The van der Waals surface area contributed by atoms with Crippen LogP contribution in [-0.4, -0.2) is 46.3 Å². The highest BCUT2D eigenvalue weighted by Gasteiger charge is 2.26. The zero-order valence-electron chi connectivity index (χ0n) is 20.5. The Bertz CT molecular complexity index is 901. The molecule has 0 bridgehead atoms. The Morgan fingerprint density at radius 2 is 1.56 bits per heavy atom. The molecule has 2 aromatic rings. The van der Waals surface area contributed by atoms with Crippen molar-refractivity contribution in [1.82, 2.24) is 0 Å². The van der Waals surface area contributed by atoms with Gasteiger partial charge in [0.05, 0.1) is 58.0 Å². The number of ether oxygens (including phenoxy) is 5. The summed E-state index contributed by atoms with van der Waals surface area (Å²) in [5.74, 6) is 2.61. The van der Waals surface area contributed by atoms with Crippen molar-refractivity contribution in [3.8, 4) is 23.0 Å². The first-order valence-electron chi connectivity index (χ1n) is 11.1. The molecule has 0 aliphatic heterocycles. The predicted molar refractivity (Wildman–Crippen MR) is 128 cm³/mol. The molecular weight excluding hydrogens is 408 g/mol. The molecule has 2 atom stereocenters. The standard InChI is InChI=1S/C26H38O6/c1-8-9-10-18(27)16-32-20(12-11-17(2)3)19-15-23(30-6)24-21(28-4)13-14-22(29-5)25(24)26(19)31-7/h11,13-15,18,20,27H,8-10,12,16H2,1-7H3. The Balaban J connectivity index is 2.65. The van der Waals surface area contributed by atoms with Crippen molar-refractivity contribution in [3.05, 3.63) is 35.4 Å². The van der Waals surface area contributed by atoms with Gasteiger partial charge in [-0.05, 0) is 44.9 Å². The van der Waals surface area contributed by atoms with Crippen LogP contribution in [0.3, 0.4) is 0 Å². The van der Waals surface area contributed by atoms with Gasteiger partial charge in [0, 0.05) is 5.56 Å². The second-order valence-electron chi connectivity index (χ2n) is 8.06. The minimum atomic E-state index is -0.507. The van der Waals surface area contributed by atoms with Crippen molar-refractivity contribution in [2.45, 2.75) is 58.7 Å². The lowest BCUT2D eigenvalue weighted by Crippen LogP contribution is -2.18. The predicted octanol–water partition coefficient (Wildman–Crippen LogP) is 5.84. The number of aliphatic hydroxyl groups excluding tert-OH is 1. The fraction of sp³-hybridized carbons (Fsp3) is 0.538. The van der Waals surface area contributed by atoms with Gasteiger partial charge in [0.25, 0.3) is 0 Å². The number of hydrogen-bond donors (Lipinski definition) is 1. The lowest BCUT2D eigenvalue weighted by atomic mass is 9.96. The molecule has 0 aliphatic carbocycles. The number of fused-ring (bicyclic) bond motifs is 1. The molecule has 6 nitrogen and oxygen atoms in total. The van der Waals surface area contributed by atoms with Crippen LogP contribution < -0.4 is 18.9 Å². The molecule has 1 N–H and O–H groups in total. The maximum atomic E-state index is 10.4. The van der Waals surface area contributed by atoms with Crippen molar-refractivity contribution in [3.63, 3.8) is 0 Å². The van der Waals surface area contributed by atoms with Gasteiger partial charge in [-0.25, -0.2) is 0 Å². The summed E-state index contributed by atoms with van der Waals surface area (Å²) < 4.78 is 29.2. The third-order valence-corrected chi connectivity index (χ3v) is 5.48. The van der Waals surface area contributed by atoms with E-state index >= 15 is 0 Å². The summed E-state index contributed by atoms with van der Waals surface area (Å²) in [5.41, 5.74) is 2.03. The number of unbranched alkanes of at least 4 members (excludes halogenated alkanes) is 1. The Labute approximate surface area is 192 Å². The normalized spacial score (nSPS) is 12.9. The quantitative estimate of drug-likeness (QED) is 0.390. The summed E-state index contributed by atoms with van der Waals surface area (Å²) in [7, 11) is 6.52. The van der Waals surface area contributed by atoms with Gasteiger partial charge in [0.15, 0.2) is 0 Å². The van der Waals surface area contributed by atoms with Gasteiger partial charge in [-0.3, -0.25) is 0 Å². The lowest BCUT2D eigenvalue weighted by Gasteiger charge is -2.24. The Kier molecular flexibility index (Phi) is 10.1. The first kappa shape index (κ1) is 25.8. The molecule has 32 heavy (non-hydrogen) atoms. The van der Waals surface area contributed by atoms with Crippen LogP contribution in [0.5, 0.6) is 23.0 Å². The molecular formula is C26H38O6. The Morgan fingerprint density at radius 3 is 2.09 bits per heavy atom. The fourth-order valence-corrected chi connectivity index (χ4v) is 3.80. The SMILES string of the molecule is CCCCC(O)COC(CC=C(C)C)c1cc(OC)c2c(OC)ccc(OC)c2c1OC. The first-order chi connectivity index (χ1) is 15.4. The van der Waals surface area contributed by atoms with E-state index in [1.54, 1.807) is 28.4 Å². The monoisotopic (exact) mass is 446 g/mol. The molecule has 0 amide bonds. The molecule has 2 aromatic carbocycles. The Morgan fingerprint density at radius 1 is 0.938 bits per heavy atom. The smallest absolute Gasteiger partial charge is 0.136 e. The van der Waals surface area contributed by atoms with Gasteiger partial charge in [-0.2, -0.15) is 0 Å². The third kappa shape index (κ3) is 6.08. The molecule has 0 aromatic heterocycles. The van der Waals surface area contributed by atoms with Crippen LogP contribution in [0.2, 0.25) is 0 Å². The van der Waals surface area contributed by atoms with E-state index in [4.69, 9.17) is 23.7 Å². The van der Waals surface area contributed by atoms with Crippen LogP contribution in [0.15, 0.2) is 29.8 Å². The average Bonchev–Trinajstić information content (AvgIpc) is 2.80. The van der Waals surface area contributed by atoms with E-state index in [0.29, 0.717) is 29.4 Å². The first-order valence-corrected chi connectivity index (χ1v) is 11.1. The summed E-state index contributed by atoms with van der Waals surface area (Å²) in [6, 6.07) is 5.64. The molecule has 2 rings (SSSR count). The molecule has 0 fully saturated rings. The number of rotatable bonds is 13. The van der Waals surface area contributed by atoms with Gasteiger partial charge in [0.2, 0.25) is 0 Å². The topological polar surface area (TPSA) is 66.4 Å². The van der Waals surface area contributed by atoms with E-state index in [2.05, 4.69) is 26.8 Å². The zero-order chi connectivity index (χ0) is 23.7. The van der Waals surface area contributed by atoms with Crippen molar-refractivity contribution in [1.29, 1.82) is 0 Å². The average molecular weight is 447 g/mol. The van der Waals surface area contributed by atoms with E-state index in [9.17, 15) is 5.11 Å².